The second-order valence-corrected chi connectivity index (χ2v) is 21.9. The van der Waals surface area contributed by atoms with Crippen molar-refractivity contribution < 1.29 is 60.9 Å². The Bertz CT molecular complexity index is 2850. The van der Waals surface area contributed by atoms with Crippen LogP contribution < -0.4 is 26.3 Å². The summed E-state index contributed by atoms with van der Waals surface area (Å²) in [6.07, 6.45) is 2.25. The van der Waals surface area contributed by atoms with Gasteiger partial charge in [-0.2, -0.15) is 4.39 Å². The van der Waals surface area contributed by atoms with Crippen LogP contribution >= 0.6 is 0 Å². The lowest BCUT2D eigenvalue weighted by atomic mass is 9.85. The number of nitrogens with one attached hydrogen (secondary N) is 4. The van der Waals surface area contributed by atoms with E-state index in [2.05, 4.69) is 43.1 Å². The van der Waals surface area contributed by atoms with Crippen LogP contribution in [0.2, 0.25) is 0 Å². The largest absolute Gasteiger partial charge is 0.453 e. The second kappa shape index (κ2) is 25.0. The highest BCUT2D eigenvalue weighted by atomic mass is 19.2. The summed E-state index contributed by atoms with van der Waals surface area (Å²) >= 11 is 0. The van der Waals surface area contributed by atoms with Crippen LogP contribution in [0.1, 0.15) is 89.5 Å². The fourth-order valence-corrected chi connectivity index (χ4v) is 9.83. The lowest BCUT2D eigenvalue weighted by Crippen LogP contribution is -2.61. The molecule has 2 aromatic carbocycles. The molecule has 3 unspecified atom stereocenters. The van der Waals surface area contributed by atoms with Gasteiger partial charge in [-0.15, -0.1) is 0 Å². The predicted octanol–water partition coefficient (Wildman–Crippen LogP) is 5.92. The predicted molar refractivity (Wildman–Crippen MR) is 279 cm³/mol. The van der Waals surface area contributed by atoms with Gasteiger partial charge in [0.2, 0.25) is 11.9 Å². The number of benzene rings is 2. The molecule has 5 heterocycles. The van der Waals surface area contributed by atoms with E-state index < -0.39 is 101 Å². The number of carbonyl (C=O) groups is 5. The number of rotatable bonds is 16. The molecule has 0 spiro atoms. The molecule has 2 aromatic heterocycles. The monoisotopic (exact) mass is 1090 g/mol. The number of fused-ring (bicyclic) bond motifs is 2. The number of amides is 5. The molecule has 4 aromatic rings. The number of nitrogens with zero attached hydrogens (tertiary/aromatic N) is 5. The highest BCUT2D eigenvalue weighted by molar-refractivity contribution is 5.87. The number of alkyl carbamates (subject to hydrolysis) is 2. The molecule has 3 aliphatic rings. The number of piperazine rings is 1. The fourth-order valence-electron chi connectivity index (χ4n) is 9.83. The van der Waals surface area contributed by atoms with Crippen molar-refractivity contribution in [3.8, 4) is 23.0 Å². The molecule has 22 heteroatoms. The third-order valence-corrected chi connectivity index (χ3v) is 14.0. The van der Waals surface area contributed by atoms with Crippen LogP contribution in [-0.4, -0.2) is 138 Å². The minimum absolute atomic E-state index is 0.0600. The van der Waals surface area contributed by atoms with Crippen molar-refractivity contribution in [1.29, 1.82) is 0 Å². The van der Waals surface area contributed by atoms with Gasteiger partial charge < -0.3 is 45.1 Å². The molecule has 5 amide bonds. The summed E-state index contributed by atoms with van der Waals surface area (Å²) in [6.45, 7) is 10.7. The van der Waals surface area contributed by atoms with E-state index in [0.29, 0.717) is 36.4 Å². The van der Waals surface area contributed by atoms with Crippen molar-refractivity contribution in [3.63, 3.8) is 0 Å². The molecule has 0 saturated carbocycles. The number of hydrogen-bond donors (Lipinski definition) is 5. The zero-order valence-electron chi connectivity index (χ0n) is 44.9. The second-order valence-electron chi connectivity index (χ2n) is 21.9. The zero-order valence-corrected chi connectivity index (χ0v) is 44.9. The molecule has 0 aliphatic carbocycles. The Morgan fingerprint density at radius 2 is 1.33 bits per heavy atom. The summed E-state index contributed by atoms with van der Waals surface area (Å²) < 4.78 is 75.1. The lowest BCUT2D eigenvalue weighted by molar-refractivity contribution is -0.144. The highest BCUT2D eigenvalue weighted by Crippen LogP contribution is 2.34. The maximum Gasteiger partial charge on any atom is 0.407 e. The van der Waals surface area contributed by atoms with Crippen LogP contribution in [0.3, 0.4) is 0 Å². The molecule has 5 N–H and O–H groups in total. The fraction of sp³-hybridized carbons (Fsp3) is 0.482. The first-order valence-electron chi connectivity index (χ1n) is 25.7. The van der Waals surface area contributed by atoms with Crippen LogP contribution in [0.15, 0.2) is 67.0 Å². The number of aliphatic hydroxyl groups excluding tert-OH is 1. The van der Waals surface area contributed by atoms with E-state index in [0.717, 1.165) is 75.1 Å². The van der Waals surface area contributed by atoms with Crippen molar-refractivity contribution in [2.45, 2.75) is 123 Å². The van der Waals surface area contributed by atoms with Gasteiger partial charge in [-0.25, -0.2) is 37.7 Å². The van der Waals surface area contributed by atoms with Gasteiger partial charge >= 0.3 is 12.2 Å². The number of hydrogen-bond acceptors (Lipinski definition) is 13. The molecule has 3 aliphatic heterocycles. The Kier molecular flexibility index (Phi) is 18.7. The Morgan fingerprint density at radius 3 is 1.87 bits per heavy atom. The highest BCUT2D eigenvalue weighted by Gasteiger charge is 2.45. The lowest BCUT2D eigenvalue weighted by Gasteiger charge is -2.42. The van der Waals surface area contributed by atoms with Crippen LogP contribution in [0, 0.1) is 46.1 Å². The Hall–Kier alpha value is -7.35. The maximum atomic E-state index is 16.1. The number of aliphatic hydroxyl groups is 1. The van der Waals surface area contributed by atoms with Crippen molar-refractivity contribution >= 4 is 35.7 Å². The molecule has 3 saturated heterocycles. The summed E-state index contributed by atoms with van der Waals surface area (Å²) in [5.41, 5.74) is 1.70. The molecule has 0 radical (unpaired) electrons. The van der Waals surface area contributed by atoms with Crippen LogP contribution in [0.25, 0.3) is 11.1 Å². The van der Waals surface area contributed by atoms with Crippen molar-refractivity contribution in [2.75, 3.05) is 45.4 Å². The van der Waals surface area contributed by atoms with Crippen LogP contribution in [0.4, 0.5) is 33.0 Å². The van der Waals surface area contributed by atoms with Gasteiger partial charge in [0.15, 0.2) is 5.82 Å². The smallest absolute Gasteiger partial charge is 0.407 e. The number of methoxy groups -OCH3 is 2. The number of ether oxygens (including phenoxy) is 3. The molecular weight excluding hydrogens is 1020 g/mol. The number of aromatic nitrogens is 2. The van der Waals surface area contributed by atoms with E-state index in [1.54, 1.807) is 72.0 Å². The van der Waals surface area contributed by atoms with E-state index in [1.165, 1.54) is 0 Å². The number of anilines is 1. The van der Waals surface area contributed by atoms with E-state index in [4.69, 9.17) is 19.2 Å². The van der Waals surface area contributed by atoms with Crippen molar-refractivity contribution in [2.24, 2.45) is 10.8 Å². The van der Waals surface area contributed by atoms with Gasteiger partial charge in [0.05, 0.1) is 26.4 Å². The number of carbonyl (C=O) groups excluding carboxylic acids is 5. The average Bonchev–Trinajstić information content (AvgIpc) is 4.14. The first kappa shape index (κ1) is 58.3. The summed E-state index contributed by atoms with van der Waals surface area (Å²) in [5.74, 6) is 0.528. The first-order valence-corrected chi connectivity index (χ1v) is 25.7. The minimum Gasteiger partial charge on any atom is -0.453 e. The molecule has 3 fully saturated rings. The Labute approximate surface area is 450 Å². The van der Waals surface area contributed by atoms with Crippen LogP contribution in [0.5, 0.6) is 0 Å². The van der Waals surface area contributed by atoms with Crippen molar-refractivity contribution in [3.05, 3.63) is 113 Å². The minimum atomic E-state index is -1.64. The van der Waals surface area contributed by atoms with Gasteiger partial charge in [0.25, 0.3) is 11.8 Å². The molecule has 2 bridgehead atoms. The molecule has 7 rings (SSSR count). The van der Waals surface area contributed by atoms with E-state index in [9.17, 15) is 37.9 Å². The van der Waals surface area contributed by atoms with Gasteiger partial charge in [0.1, 0.15) is 35.6 Å². The summed E-state index contributed by atoms with van der Waals surface area (Å²) in [7, 11) is 2.24. The summed E-state index contributed by atoms with van der Waals surface area (Å²) in [5, 5.41) is 21.1. The van der Waals surface area contributed by atoms with Crippen LogP contribution in [-0.2, 0) is 41.6 Å². The zero-order chi connectivity index (χ0) is 56.6. The molecular formula is C56H67F4N9O9. The van der Waals surface area contributed by atoms with E-state index >= 15 is 8.78 Å². The number of pyridine rings is 2. The van der Waals surface area contributed by atoms with E-state index in [1.807, 2.05) is 17.0 Å². The van der Waals surface area contributed by atoms with Crippen molar-refractivity contribution in [1.82, 2.24) is 41.3 Å². The number of hydrazine groups is 1. The average molecular weight is 1090 g/mol. The summed E-state index contributed by atoms with van der Waals surface area (Å²) in [6, 6.07) is 9.74. The molecule has 18 nitrogen and oxygen atoms in total. The Balaban J connectivity index is 1.12. The summed E-state index contributed by atoms with van der Waals surface area (Å²) in [4.78, 5) is 78.7. The first-order chi connectivity index (χ1) is 36.9. The third-order valence-electron chi connectivity index (χ3n) is 14.0. The molecule has 418 valence electrons. The third kappa shape index (κ3) is 14.6. The Morgan fingerprint density at radius 1 is 0.756 bits per heavy atom. The van der Waals surface area contributed by atoms with Gasteiger partial charge in [0, 0.05) is 79.5 Å². The maximum absolute atomic E-state index is 16.1. The quantitative estimate of drug-likeness (QED) is 0.0382. The normalized spacial score (nSPS) is 18.7. The number of halogens is 4. The molecule has 7 atom stereocenters. The van der Waals surface area contributed by atoms with Gasteiger partial charge in [-0.1, -0.05) is 65.5 Å². The topological polar surface area (TPSA) is 217 Å². The molecule has 78 heavy (non-hydrogen) atoms. The van der Waals surface area contributed by atoms with Gasteiger partial charge in [-0.3, -0.25) is 19.8 Å². The SMILES string of the molecule is COC(=O)NC(C(=O)N[C@@H](Cc1ccc(C#Cc2ccc(N3CC4CCC(C3)N4C(=O)[C@@H]3CCCO3)nc2)cc1)[C@@H](O)CN(Cc1c(F)cc(-c2cnc(F)c(F)c2)cc1F)NC(=O)[C@@H](NC(=O)OC)C(C)(C)C)C(C)(C)C. The van der Waals surface area contributed by atoms with E-state index in [-0.39, 0.29) is 41.6 Å². The standard InChI is InChI=1S/C56H67F4N9O9/c1-55(2,3)47(64-53(74)76-7)50(71)63-43(22-33-14-11-32(12-15-33)13-16-34-17-20-46(61-26-34)67-28-37-18-19-38(29-67)69(37)52(73)45-10-9-21-78-45)44(70)31-68(66-51(72)48(56(4,5)6)65-54(75)77-8)30-39-40(57)23-35(24-41(39)58)36-25-42(59)49(60)62-27-36/h11-12,14-15,17,20,23-27,37-38,43-45,47-48,70H,9-10,18-19,21-22,28-31H2,1-8H3,(H,63,71)(H,64,74)(H,65,75)(H,66,72)/t37?,38?,43-,44-,45-,47?,48+/m0/s1. The van der Waals surface area contributed by atoms with Gasteiger partial charge in [-0.05, 0) is 96.5 Å².